The summed E-state index contributed by atoms with van der Waals surface area (Å²) >= 11 is 0. The van der Waals surface area contributed by atoms with Gasteiger partial charge in [-0.3, -0.25) is 14.7 Å². The molecule has 2 saturated heterocycles. The summed E-state index contributed by atoms with van der Waals surface area (Å²) in [4.78, 5) is 8.36. The van der Waals surface area contributed by atoms with Gasteiger partial charge >= 0.3 is 45.2 Å². The van der Waals surface area contributed by atoms with Crippen LogP contribution in [0, 0.1) is 26.6 Å². The van der Waals surface area contributed by atoms with Gasteiger partial charge in [0.25, 0.3) is 0 Å². The first-order valence-electron chi connectivity index (χ1n) is 13.9. The smallest absolute Gasteiger partial charge is 0 e. The fraction of sp³-hybridized carbons (Fsp3) is 0.857. The molecule has 2 fully saturated rings. The van der Waals surface area contributed by atoms with Gasteiger partial charge in [-0.2, -0.15) is 0 Å². The molecule has 0 N–H and O–H groups in total. The predicted molar refractivity (Wildman–Crippen MR) is 156 cm³/mol. The van der Waals surface area contributed by atoms with Crippen molar-refractivity contribution in [2.45, 2.75) is 59.3 Å². The van der Waals surface area contributed by atoms with E-state index in [0.29, 0.717) is 0 Å². The van der Waals surface area contributed by atoms with Crippen molar-refractivity contribution in [2.75, 3.05) is 95.9 Å². The maximum atomic E-state index is 7.50. The van der Waals surface area contributed by atoms with Gasteiger partial charge in [-0.05, 0) is 38.9 Å². The fourth-order valence-electron chi connectivity index (χ4n) is 4.80. The Labute approximate surface area is 251 Å². The van der Waals surface area contributed by atoms with Crippen molar-refractivity contribution >= 4 is 15.8 Å². The number of hydrogen-bond donors (Lipinski definition) is 0. The molecular weight excluding hydrogens is 600 g/mol. The average molecular weight is 654 g/mol. The molecule has 2 aliphatic rings. The van der Waals surface area contributed by atoms with Crippen molar-refractivity contribution in [3.8, 4) is 0 Å². The van der Waals surface area contributed by atoms with Crippen LogP contribution in [-0.2, 0) is 39.7 Å². The molecule has 2 aliphatic heterocycles. The van der Waals surface area contributed by atoms with Gasteiger partial charge in [-0.15, -0.1) is 0 Å². The van der Waals surface area contributed by atoms with Crippen LogP contribution in [0.15, 0.2) is 0 Å². The van der Waals surface area contributed by atoms with E-state index < -0.39 is 0 Å². The van der Waals surface area contributed by atoms with Crippen molar-refractivity contribution < 1.29 is 39.7 Å². The van der Waals surface area contributed by atoms with E-state index in [0.717, 1.165) is 0 Å². The van der Waals surface area contributed by atoms with Crippen molar-refractivity contribution in [1.29, 1.82) is 0 Å². The first-order chi connectivity index (χ1) is 18.2. The summed E-state index contributed by atoms with van der Waals surface area (Å²) in [6.45, 7) is 37.5. The van der Waals surface area contributed by atoms with Crippen LogP contribution in [0.25, 0.3) is 0 Å². The van der Waals surface area contributed by atoms with Crippen LogP contribution < -0.4 is 0 Å². The molecular formula is C28H53MoN3O4P2+2. The zero-order valence-electron chi connectivity index (χ0n) is 24.2. The second kappa shape index (κ2) is 37.4. The summed E-state index contributed by atoms with van der Waals surface area (Å²) < 4.78 is 30.0. The quantitative estimate of drug-likeness (QED) is 0.112. The monoisotopic (exact) mass is 655 g/mol. The molecule has 218 valence electrons. The van der Waals surface area contributed by atoms with Gasteiger partial charge in [0.15, 0.2) is 0 Å². The average Bonchev–Trinajstić information content (AvgIpc) is 2.99. The van der Waals surface area contributed by atoms with Crippen LogP contribution in [0.4, 0.5) is 0 Å². The standard InChI is InChI=1S/C24H51N3P2.4CO.Mo/c1-4-7-10-25-13-19-28(20-14-25)23-17-27(12-9-6-3)18-24-29-21-15-26(16-22-29)11-8-5-2;4*1-2;/h4-24H2,1-3H3;;;;;/p+2. The summed E-state index contributed by atoms with van der Waals surface area (Å²) in [6, 6.07) is 0. The normalized spacial score (nSPS) is 16.0. The van der Waals surface area contributed by atoms with E-state index in [4.69, 9.17) is 18.6 Å². The van der Waals surface area contributed by atoms with E-state index in [1.54, 1.807) is 37.0 Å². The maximum Gasteiger partial charge on any atom is 0 e. The third kappa shape index (κ3) is 25.4. The Bertz CT molecular complexity index is 495. The molecule has 0 aromatic rings. The molecule has 0 saturated carbocycles. The molecule has 0 atom stereocenters. The zero-order chi connectivity index (χ0) is 28.7. The molecule has 0 aromatic carbocycles. The third-order valence-corrected chi connectivity index (χ3v) is 12.8. The third-order valence-electron chi connectivity index (χ3n) is 7.17. The van der Waals surface area contributed by atoms with Crippen LogP contribution in [0.2, 0.25) is 0 Å². The Balaban J connectivity index is -0.000000586. The maximum absolute atomic E-state index is 7.50. The van der Waals surface area contributed by atoms with Crippen LogP contribution in [0.3, 0.4) is 0 Å². The Morgan fingerprint density at radius 2 is 0.868 bits per heavy atom. The topological polar surface area (TPSA) is 89.3 Å². The van der Waals surface area contributed by atoms with Gasteiger partial charge in [0, 0.05) is 76.2 Å². The molecule has 0 unspecified atom stereocenters. The van der Waals surface area contributed by atoms with Crippen LogP contribution in [-0.4, -0.2) is 111 Å². The van der Waals surface area contributed by atoms with Crippen LogP contribution in [0.1, 0.15) is 59.3 Å². The Hall–Kier alpha value is 0.388. The van der Waals surface area contributed by atoms with Crippen molar-refractivity contribution in [3.05, 3.63) is 26.6 Å². The fourth-order valence-corrected chi connectivity index (χ4v) is 10.1. The van der Waals surface area contributed by atoms with E-state index in [2.05, 4.69) is 62.1 Å². The van der Waals surface area contributed by atoms with Crippen LogP contribution in [0.5, 0.6) is 0 Å². The van der Waals surface area contributed by atoms with E-state index in [9.17, 15) is 0 Å². The van der Waals surface area contributed by atoms with E-state index >= 15 is 0 Å². The molecule has 0 amide bonds. The SMILES string of the molecule is CCCCN1CC[PH+](CCN(CCCC)CC[PH+]2CCN(CCCC)CC2)CC1.[C-]#[O+].[C-]#[O+].[C-]#[O+].[C-]#[O+].[Mo]. The molecule has 0 radical (unpaired) electrons. The van der Waals surface area contributed by atoms with Gasteiger partial charge in [0.2, 0.25) is 0 Å². The minimum Gasteiger partial charge on any atom is 0 e. The molecule has 2 heterocycles. The zero-order valence-corrected chi connectivity index (χ0v) is 28.2. The number of hydrogen-bond acceptors (Lipinski definition) is 3. The Kier molecular flexibility index (Phi) is 44.6. The number of unbranched alkanes of at least 4 members (excludes halogenated alkanes) is 3. The predicted octanol–water partition coefficient (Wildman–Crippen LogP) is 4.60. The summed E-state index contributed by atoms with van der Waals surface area (Å²) in [6.07, 6.45) is 17.6. The van der Waals surface area contributed by atoms with Gasteiger partial charge in [-0.25, -0.2) is 0 Å². The van der Waals surface area contributed by atoms with Gasteiger partial charge < -0.3 is 0 Å². The molecule has 2 rings (SSSR count). The second-order valence-corrected chi connectivity index (χ2v) is 15.6. The Morgan fingerprint density at radius 3 is 1.16 bits per heavy atom. The number of rotatable bonds is 15. The summed E-state index contributed by atoms with van der Waals surface area (Å²) in [5.41, 5.74) is 0. The van der Waals surface area contributed by atoms with Crippen molar-refractivity contribution in [3.63, 3.8) is 0 Å². The Morgan fingerprint density at radius 1 is 0.553 bits per heavy atom. The molecule has 38 heavy (non-hydrogen) atoms. The van der Waals surface area contributed by atoms with E-state index in [-0.39, 0.29) is 36.9 Å². The molecule has 0 spiro atoms. The first-order valence-corrected chi connectivity index (χ1v) is 18.1. The van der Waals surface area contributed by atoms with Crippen molar-refractivity contribution in [1.82, 2.24) is 14.7 Å². The van der Waals surface area contributed by atoms with Crippen LogP contribution >= 0.6 is 15.8 Å². The summed E-state index contributed by atoms with van der Waals surface area (Å²) in [5, 5.41) is 0. The molecule has 7 nitrogen and oxygen atoms in total. The number of nitrogens with zero attached hydrogens (tertiary/aromatic N) is 3. The largest absolute Gasteiger partial charge is 0 e. The van der Waals surface area contributed by atoms with E-state index in [1.807, 2.05) is 0 Å². The van der Waals surface area contributed by atoms with Gasteiger partial charge in [-0.1, -0.05) is 40.0 Å². The van der Waals surface area contributed by atoms with Crippen molar-refractivity contribution in [2.24, 2.45) is 0 Å². The molecule has 10 heteroatoms. The summed E-state index contributed by atoms with van der Waals surface area (Å²) in [7, 11) is -0.129. The molecule has 0 aromatic heterocycles. The van der Waals surface area contributed by atoms with Gasteiger partial charge in [0.05, 0.1) is 37.0 Å². The second-order valence-electron chi connectivity index (χ2n) is 9.59. The first kappa shape index (κ1) is 45.4. The minimum absolute atomic E-state index is 0. The van der Waals surface area contributed by atoms with Gasteiger partial charge in [0.1, 0.15) is 0 Å². The molecule has 0 bridgehead atoms. The summed E-state index contributed by atoms with van der Waals surface area (Å²) in [5.74, 6) is 0. The molecule has 0 aliphatic carbocycles. The van der Waals surface area contributed by atoms with E-state index in [1.165, 1.54) is 97.4 Å². The minimum atomic E-state index is -0.0644.